The van der Waals surface area contributed by atoms with E-state index in [2.05, 4.69) is 29.6 Å². The molecule has 2 fully saturated rings. The van der Waals surface area contributed by atoms with Crippen molar-refractivity contribution in [3.05, 3.63) is 59.7 Å². The van der Waals surface area contributed by atoms with Gasteiger partial charge in [-0.3, -0.25) is 4.79 Å². The van der Waals surface area contributed by atoms with Gasteiger partial charge < -0.3 is 20.1 Å². The Bertz CT molecular complexity index is 1100. The maximum absolute atomic E-state index is 13.1. The number of hydrogen-bond donors (Lipinski definition) is 2. The summed E-state index contributed by atoms with van der Waals surface area (Å²) in [7, 11) is 1.61. The number of nitrogens with zero attached hydrogens (tertiary/aromatic N) is 1. The Hall–Kier alpha value is -3.35. The smallest absolute Gasteiger partial charge is 0.407 e. The molecule has 2 atom stereocenters. The maximum atomic E-state index is 13.1. The minimum atomic E-state index is -1.07. The molecule has 0 bridgehead atoms. The number of carboxylic acid groups (broad SMARTS) is 1. The summed E-state index contributed by atoms with van der Waals surface area (Å²) >= 11 is 0. The fourth-order valence-corrected chi connectivity index (χ4v) is 6.04. The number of rotatable bonds is 6. The molecule has 3 aliphatic rings. The van der Waals surface area contributed by atoms with E-state index in [1.54, 1.807) is 7.05 Å². The lowest BCUT2D eigenvalue weighted by atomic mass is 9.74. The first-order chi connectivity index (χ1) is 16.9. The van der Waals surface area contributed by atoms with Gasteiger partial charge in [-0.15, -0.1) is 0 Å². The highest BCUT2D eigenvalue weighted by atomic mass is 16.5. The van der Waals surface area contributed by atoms with Crippen LogP contribution in [0.25, 0.3) is 11.1 Å². The Kier molecular flexibility index (Phi) is 6.26. The summed E-state index contributed by atoms with van der Waals surface area (Å²) in [4.78, 5) is 39.1. The Morgan fingerprint density at radius 1 is 1.00 bits per heavy atom. The van der Waals surface area contributed by atoms with E-state index in [1.165, 1.54) is 16.0 Å². The molecule has 5 rings (SSSR count). The predicted octanol–water partition coefficient (Wildman–Crippen LogP) is 4.55. The zero-order valence-electron chi connectivity index (χ0n) is 20.0. The fraction of sp³-hybridized carbons (Fsp3) is 0.464. The van der Waals surface area contributed by atoms with Gasteiger partial charge in [0.2, 0.25) is 5.91 Å². The molecule has 2 N–H and O–H groups in total. The Labute approximate surface area is 205 Å². The number of hydrogen-bond acceptors (Lipinski definition) is 4. The molecule has 2 saturated carbocycles. The van der Waals surface area contributed by atoms with Gasteiger partial charge in [0.25, 0.3) is 0 Å². The van der Waals surface area contributed by atoms with Crippen LogP contribution in [0.1, 0.15) is 62.0 Å². The lowest BCUT2D eigenvalue weighted by Crippen LogP contribution is -2.61. The molecule has 0 radical (unpaired) electrons. The second kappa shape index (κ2) is 9.36. The van der Waals surface area contributed by atoms with Crippen LogP contribution in [0.4, 0.5) is 4.79 Å². The standard InChI is InChI=1S/C28H32N2O5/c1-30(28(26(32)33)14-7-15-28)25(31)18-8-6-9-19(16-18)29-27(34)35-17-24-22-12-4-2-10-20(22)21-11-3-5-13-23(21)24/h2-5,10-13,18-19,24H,6-9,14-17H2,1H3,(H,29,34)(H,32,33)/t18-,19+/m1/s1. The fourth-order valence-electron chi connectivity index (χ4n) is 6.04. The molecule has 2 aromatic carbocycles. The molecule has 184 valence electrons. The summed E-state index contributed by atoms with van der Waals surface area (Å²) in [5, 5.41) is 12.6. The monoisotopic (exact) mass is 476 g/mol. The van der Waals surface area contributed by atoms with Crippen molar-refractivity contribution in [3.8, 4) is 11.1 Å². The van der Waals surface area contributed by atoms with Gasteiger partial charge in [-0.25, -0.2) is 9.59 Å². The highest BCUT2D eigenvalue weighted by molar-refractivity contribution is 5.89. The number of likely N-dealkylation sites (N-methyl/N-ethyl adjacent to an activating group) is 1. The summed E-state index contributed by atoms with van der Waals surface area (Å²) in [5.74, 6) is -1.35. The number of fused-ring (bicyclic) bond motifs is 3. The molecule has 0 heterocycles. The first-order valence-corrected chi connectivity index (χ1v) is 12.5. The van der Waals surface area contributed by atoms with Gasteiger partial charge in [0, 0.05) is 24.9 Å². The van der Waals surface area contributed by atoms with Crippen molar-refractivity contribution >= 4 is 18.0 Å². The SMILES string of the molecule is CN(C(=O)[C@@H]1CCC[C@H](NC(=O)OCC2c3ccccc3-c3ccccc32)C1)C1(C(=O)O)CCC1. The van der Waals surface area contributed by atoms with Crippen LogP contribution in [0.2, 0.25) is 0 Å². The molecular formula is C28H32N2O5. The van der Waals surface area contributed by atoms with E-state index < -0.39 is 17.6 Å². The first-order valence-electron chi connectivity index (χ1n) is 12.5. The highest BCUT2D eigenvalue weighted by Crippen LogP contribution is 2.44. The van der Waals surface area contributed by atoms with E-state index in [9.17, 15) is 19.5 Å². The second-order valence-corrected chi connectivity index (χ2v) is 10.1. The molecule has 0 aromatic heterocycles. The molecule has 35 heavy (non-hydrogen) atoms. The molecule has 2 aromatic rings. The molecule has 0 spiro atoms. The molecule has 0 unspecified atom stereocenters. The third-order valence-corrected chi connectivity index (χ3v) is 8.24. The Balaban J connectivity index is 1.18. The number of amides is 2. The molecule has 0 aliphatic heterocycles. The van der Waals surface area contributed by atoms with Crippen LogP contribution < -0.4 is 5.32 Å². The van der Waals surface area contributed by atoms with Crippen molar-refractivity contribution in [1.29, 1.82) is 0 Å². The van der Waals surface area contributed by atoms with Crippen LogP contribution in [-0.4, -0.2) is 53.2 Å². The molecule has 0 saturated heterocycles. The topological polar surface area (TPSA) is 95.9 Å². The van der Waals surface area contributed by atoms with Crippen LogP contribution in [0.5, 0.6) is 0 Å². The van der Waals surface area contributed by atoms with Crippen molar-refractivity contribution < 1.29 is 24.2 Å². The molecule has 7 nitrogen and oxygen atoms in total. The number of carboxylic acids is 1. The van der Waals surface area contributed by atoms with Gasteiger partial charge in [-0.05, 0) is 60.8 Å². The summed E-state index contributed by atoms with van der Waals surface area (Å²) in [6, 6.07) is 16.3. The molecule has 2 amide bonds. The van der Waals surface area contributed by atoms with Gasteiger partial charge in [-0.2, -0.15) is 0 Å². The quantitative estimate of drug-likeness (QED) is 0.638. The second-order valence-electron chi connectivity index (χ2n) is 10.1. The third-order valence-electron chi connectivity index (χ3n) is 8.24. The summed E-state index contributed by atoms with van der Waals surface area (Å²) in [5.41, 5.74) is 3.62. The zero-order valence-corrected chi connectivity index (χ0v) is 20.0. The number of nitrogens with one attached hydrogen (secondary N) is 1. The van der Waals surface area contributed by atoms with Gasteiger partial charge in [0.1, 0.15) is 12.1 Å². The maximum Gasteiger partial charge on any atom is 0.407 e. The van der Waals surface area contributed by atoms with E-state index in [-0.39, 0.29) is 30.4 Å². The van der Waals surface area contributed by atoms with Crippen molar-refractivity contribution in [3.63, 3.8) is 0 Å². The lowest BCUT2D eigenvalue weighted by Gasteiger charge is -2.46. The van der Waals surface area contributed by atoms with Crippen molar-refractivity contribution in [1.82, 2.24) is 10.2 Å². The number of carbonyl (C=O) groups is 3. The van der Waals surface area contributed by atoms with Gasteiger partial charge in [-0.1, -0.05) is 55.0 Å². The van der Waals surface area contributed by atoms with E-state index in [0.29, 0.717) is 25.7 Å². The zero-order chi connectivity index (χ0) is 24.6. The number of ether oxygens (including phenoxy) is 1. The summed E-state index contributed by atoms with van der Waals surface area (Å²) < 4.78 is 5.67. The number of alkyl carbamates (subject to hydrolysis) is 1. The van der Waals surface area contributed by atoms with Crippen LogP contribution >= 0.6 is 0 Å². The van der Waals surface area contributed by atoms with E-state index >= 15 is 0 Å². The van der Waals surface area contributed by atoms with Gasteiger partial charge >= 0.3 is 12.1 Å². The van der Waals surface area contributed by atoms with E-state index in [4.69, 9.17) is 4.74 Å². The number of carbonyl (C=O) groups excluding carboxylic acids is 2. The van der Waals surface area contributed by atoms with Crippen LogP contribution in [0, 0.1) is 5.92 Å². The summed E-state index contributed by atoms with van der Waals surface area (Å²) in [6.45, 7) is 0.249. The summed E-state index contributed by atoms with van der Waals surface area (Å²) in [6.07, 6.45) is 4.14. The normalized spacial score (nSPS) is 22.3. The van der Waals surface area contributed by atoms with Crippen LogP contribution in [0.3, 0.4) is 0 Å². The van der Waals surface area contributed by atoms with Gasteiger partial charge in [0.15, 0.2) is 0 Å². The average Bonchev–Trinajstić information content (AvgIpc) is 3.15. The van der Waals surface area contributed by atoms with Crippen molar-refractivity contribution in [2.24, 2.45) is 5.92 Å². The van der Waals surface area contributed by atoms with Crippen LogP contribution in [0.15, 0.2) is 48.5 Å². The van der Waals surface area contributed by atoms with Crippen molar-refractivity contribution in [2.75, 3.05) is 13.7 Å². The minimum absolute atomic E-state index is 0.00262. The average molecular weight is 477 g/mol. The van der Waals surface area contributed by atoms with E-state index in [0.717, 1.165) is 30.4 Å². The Morgan fingerprint density at radius 3 is 2.20 bits per heavy atom. The molecular weight excluding hydrogens is 444 g/mol. The van der Waals surface area contributed by atoms with E-state index in [1.807, 2.05) is 24.3 Å². The van der Waals surface area contributed by atoms with Crippen molar-refractivity contribution in [2.45, 2.75) is 62.4 Å². The predicted molar refractivity (Wildman–Crippen MR) is 131 cm³/mol. The Morgan fingerprint density at radius 2 is 1.63 bits per heavy atom. The number of aliphatic carboxylic acids is 1. The van der Waals surface area contributed by atoms with Gasteiger partial charge in [0.05, 0.1) is 0 Å². The lowest BCUT2D eigenvalue weighted by molar-refractivity contribution is -0.166. The highest BCUT2D eigenvalue weighted by Gasteiger charge is 2.51. The largest absolute Gasteiger partial charge is 0.479 e. The molecule has 7 heteroatoms. The van der Waals surface area contributed by atoms with Crippen LogP contribution in [-0.2, 0) is 14.3 Å². The third kappa shape index (κ3) is 4.17. The minimum Gasteiger partial charge on any atom is -0.479 e. The first kappa shape index (κ1) is 23.4. The number of benzene rings is 2. The molecule has 3 aliphatic carbocycles.